The molecule has 0 aliphatic heterocycles. The van der Waals surface area contributed by atoms with E-state index in [1.165, 1.54) is 24.3 Å². The highest BCUT2D eigenvalue weighted by molar-refractivity contribution is 5.91. The minimum Gasteiger partial charge on any atom is -0.467 e. The Balaban J connectivity index is 0.00000190. The van der Waals surface area contributed by atoms with Gasteiger partial charge in [0.25, 0.3) is 5.69 Å². The van der Waals surface area contributed by atoms with E-state index < -0.39 is 34.4 Å². The number of hydrogen-bond donors (Lipinski definition) is 1. The van der Waals surface area contributed by atoms with Crippen LogP contribution in [0.1, 0.15) is 35.8 Å². The van der Waals surface area contributed by atoms with Crippen molar-refractivity contribution in [2.45, 2.75) is 19.9 Å². The fraction of sp³-hybridized carbons (Fsp3) is 0.263. The second kappa shape index (κ2) is 10.6. The first-order chi connectivity index (χ1) is 13.4. The summed E-state index contributed by atoms with van der Waals surface area (Å²) >= 11 is 0. The van der Waals surface area contributed by atoms with Gasteiger partial charge in [-0.15, -0.1) is 0 Å². The van der Waals surface area contributed by atoms with Crippen molar-refractivity contribution in [2.75, 3.05) is 19.5 Å². The second-order valence-corrected chi connectivity index (χ2v) is 5.13. The number of carbonyl (C=O) groups excluding carboxylic acids is 2. The third-order valence-electron chi connectivity index (χ3n) is 3.56. The molecule has 2 rings (SSSR count). The molecule has 0 saturated heterocycles. The van der Waals surface area contributed by atoms with Crippen molar-refractivity contribution >= 4 is 23.3 Å². The van der Waals surface area contributed by atoms with E-state index in [2.05, 4.69) is 10.1 Å². The first kappa shape index (κ1) is 22.6. The monoisotopic (exact) mass is 392 g/mol. The van der Waals surface area contributed by atoms with Crippen LogP contribution in [0.2, 0.25) is 0 Å². The van der Waals surface area contributed by atoms with Crippen molar-refractivity contribution in [3.05, 3.63) is 69.5 Å². The molecule has 0 radical (unpaired) electrons. The Labute approximate surface area is 161 Å². The molecular formula is C19H21FN2O6. The number of carbonyl (C=O) groups is 2. The van der Waals surface area contributed by atoms with Gasteiger partial charge < -0.3 is 14.8 Å². The summed E-state index contributed by atoms with van der Waals surface area (Å²) in [5.41, 5.74) is -0.1000. The number of hydrogen-bond acceptors (Lipinski definition) is 7. The van der Waals surface area contributed by atoms with Gasteiger partial charge in [-0.1, -0.05) is 26.0 Å². The van der Waals surface area contributed by atoms with E-state index in [1.54, 1.807) is 0 Å². The molecule has 8 nitrogen and oxygen atoms in total. The number of halogens is 1. The smallest absolute Gasteiger partial charge is 0.338 e. The second-order valence-electron chi connectivity index (χ2n) is 5.13. The molecule has 2 aromatic carbocycles. The van der Waals surface area contributed by atoms with Crippen LogP contribution in [0.15, 0.2) is 42.5 Å². The van der Waals surface area contributed by atoms with Crippen molar-refractivity contribution in [3.8, 4) is 0 Å². The van der Waals surface area contributed by atoms with Crippen molar-refractivity contribution < 1.29 is 28.4 Å². The van der Waals surface area contributed by atoms with Crippen molar-refractivity contribution in [1.29, 1.82) is 0 Å². The third-order valence-corrected chi connectivity index (χ3v) is 3.56. The predicted octanol–water partition coefficient (Wildman–Crippen LogP) is 3.87. The van der Waals surface area contributed by atoms with Gasteiger partial charge in [-0.25, -0.2) is 14.0 Å². The lowest BCUT2D eigenvalue weighted by atomic mass is 10.1. The Morgan fingerprint density at radius 2 is 1.68 bits per heavy atom. The van der Waals surface area contributed by atoms with Gasteiger partial charge >= 0.3 is 11.9 Å². The lowest BCUT2D eigenvalue weighted by Gasteiger charge is -2.18. The van der Waals surface area contributed by atoms with Crippen LogP contribution < -0.4 is 5.32 Å². The molecule has 0 spiro atoms. The third kappa shape index (κ3) is 5.50. The van der Waals surface area contributed by atoms with E-state index >= 15 is 0 Å². The molecule has 0 aliphatic rings. The first-order valence-electron chi connectivity index (χ1n) is 8.34. The number of nitrogens with zero attached hydrogens (tertiary/aromatic N) is 1. The molecule has 1 unspecified atom stereocenters. The zero-order chi connectivity index (χ0) is 21.3. The molecule has 1 N–H and O–H groups in total. The molecule has 150 valence electrons. The van der Waals surface area contributed by atoms with Gasteiger partial charge in [0.15, 0.2) is 6.04 Å². The molecule has 0 aromatic heterocycles. The molecule has 28 heavy (non-hydrogen) atoms. The standard InChI is InChI=1S/C17H15FN2O6.C2H6/c1-25-16(21)11-5-8-13(14(9-11)20(23)24)19-15(17(22)26-2)10-3-6-12(18)7-4-10;1-2/h3-9,15,19H,1-2H3;1-2H3. The Morgan fingerprint density at radius 3 is 2.18 bits per heavy atom. The molecule has 0 heterocycles. The number of methoxy groups -OCH3 is 2. The number of rotatable bonds is 6. The van der Waals surface area contributed by atoms with Crippen LogP contribution in [0.3, 0.4) is 0 Å². The summed E-state index contributed by atoms with van der Waals surface area (Å²) in [6, 6.07) is 7.56. The topological polar surface area (TPSA) is 108 Å². The molecule has 2 aromatic rings. The van der Waals surface area contributed by atoms with Crippen LogP contribution in [-0.4, -0.2) is 31.1 Å². The summed E-state index contributed by atoms with van der Waals surface area (Å²) in [7, 11) is 2.32. The van der Waals surface area contributed by atoms with Gasteiger partial charge in [-0.2, -0.15) is 0 Å². The number of anilines is 1. The highest BCUT2D eigenvalue weighted by Gasteiger charge is 2.26. The molecule has 0 bridgehead atoms. The fourth-order valence-corrected chi connectivity index (χ4v) is 2.26. The lowest BCUT2D eigenvalue weighted by Crippen LogP contribution is -2.23. The molecule has 0 aliphatic carbocycles. The number of nitrogens with one attached hydrogen (secondary N) is 1. The quantitative estimate of drug-likeness (QED) is 0.451. The molecular weight excluding hydrogens is 371 g/mol. The van der Waals surface area contributed by atoms with E-state index in [0.29, 0.717) is 5.56 Å². The Kier molecular flexibility index (Phi) is 8.54. The zero-order valence-electron chi connectivity index (χ0n) is 15.9. The van der Waals surface area contributed by atoms with Gasteiger partial charge in [-0.3, -0.25) is 10.1 Å². The van der Waals surface area contributed by atoms with Gasteiger partial charge in [0.2, 0.25) is 0 Å². The van der Waals surface area contributed by atoms with Crippen LogP contribution in [0.4, 0.5) is 15.8 Å². The molecule has 1 atom stereocenters. The maximum atomic E-state index is 13.1. The highest BCUT2D eigenvalue weighted by Crippen LogP contribution is 2.30. The van der Waals surface area contributed by atoms with E-state index in [4.69, 9.17) is 4.74 Å². The van der Waals surface area contributed by atoms with E-state index in [-0.39, 0.29) is 11.3 Å². The van der Waals surface area contributed by atoms with Gasteiger partial charge in [-0.05, 0) is 29.8 Å². The van der Waals surface area contributed by atoms with E-state index in [0.717, 1.165) is 32.4 Å². The number of nitro groups is 1. The van der Waals surface area contributed by atoms with E-state index in [9.17, 15) is 24.1 Å². The summed E-state index contributed by atoms with van der Waals surface area (Å²) in [5, 5.41) is 14.0. The van der Waals surface area contributed by atoms with Crippen molar-refractivity contribution in [1.82, 2.24) is 0 Å². The van der Waals surface area contributed by atoms with Crippen LogP contribution in [-0.2, 0) is 14.3 Å². The maximum absolute atomic E-state index is 13.1. The molecule has 9 heteroatoms. The molecule has 0 saturated carbocycles. The average Bonchev–Trinajstić information content (AvgIpc) is 2.73. The normalized spacial score (nSPS) is 10.8. The SMILES string of the molecule is CC.COC(=O)c1ccc(NC(C(=O)OC)c2ccc(F)cc2)c([N+](=O)[O-])c1. The summed E-state index contributed by atoms with van der Waals surface area (Å²) in [6.45, 7) is 4.00. The van der Waals surface area contributed by atoms with Crippen LogP contribution in [0.25, 0.3) is 0 Å². The zero-order valence-corrected chi connectivity index (χ0v) is 15.9. The fourth-order valence-electron chi connectivity index (χ4n) is 2.26. The summed E-state index contributed by atoms with van der Waals surface area (Å²) < 4.78 is 22.4. The summed E-state index contributed by atoms with van der Waals surface area (Å²) in [6.07, 6.45) is 0. The predicted molar refractivity (Wildman–Crippen MR) is 101 cm³/mol. The summed E-state index contributed by atoms with van der Waals surface area (Å²) in [4.78, 5) is 34.3. The van der Waals surface area contributed by atoms with Gasteiger partial charge in [0.05, 0.1) is 24.7 Å². The van der Waals surface area contributed by atoms with Crippen LogP contribution in [0.5, 0.6) is 0 Å². The Hall–Kier alpha value is -3.49. The average molecular weight is 392 g/mol. The minimum absolute atomic E-state index is 0.0117. The van der Waals surface area contributed by atoms with Gasteiger partial charge in [0, 0.05) is 6.07 Å². The molecule has 0 amide bonds. The van der Waals surface area contributed by atoms with Crippen LogP contribution in [0, 0.1) is 15.9 Å². The number of ether oxygens (including phenoxy) is 2. The van der Waals surface area contributed by atoms with Crippen molar-refractivity contribution in [3.63, 3.8) is 0 Å². The number of benzene rings is 2. The minimum atomic E-state index is -1.11. The highest BCUT2D eigenvalue weighted by atomic mass is 19.1. The number of nitro benzene ring substituents is 1. The van der Waals surface area contributed by atoms with Crippen LogP contribution >= 0.6 is 0 Å². The van der Waals surface area contributed by atoms with E-state index in [1.807, 2.05) is 13.8 Å². The lowest BCUT2D eigenvalue weighted by molar-refractivity contribution is -0.384. The Morgan fingerprint density at radius 1 is 1.07 bits per heavy atom. The summed E-state index contributed by atoms with van der Waals surface area (Å²) in [5.74, 6) is -1.95. The van der Waals surface area contributed by atoms with Crippen molar-refractivity contribution in [2.24, 2.45) is 0 Å². The first-order valence-corrected chi connectivity index (χ1v) is 8.34. The Bertz CT molecular complexity index is 839. The largest absolute Gasteiger partial charge is 0.467 e. The van der Waals surface area contributed by atoms with Gasteiger partial charge in [0.1, 0.15) is 11.5 Å². The number of esters is 2. The maximum Gasteiger partial charge on any atom is 0.338 e. The molecule has 0 fully saturated rings.